The maximum atomic E-state index is 14.1. The van der Waals surface area contributed by atoms with Crippen LogP contribution < -0.4 is 4.90 Å². The lowest BCUT2D eigenvalue weighted by Gasteiger charge is -2.22. The molecule has 0 aliphatic carbocycles. The number of nitrogens with zero attached hydrogens (tertiary/aromatic N) is 5. The highest BCUT2D eigenvalue weighted by molar-refractivity contribution is 5.97. The number of ether oxygens (including phenoxy) is 1. The Morgan fingerprint density at radius 1 is 1.13 bits per heavy atom. The Hall–Kier alpha value is -4.06. The van der Waals surface area contributed by atoms with E-state index in [9.17, 15) is 14.0 Å². The molecule has 0 atom stereocenters. The van der Waals surface area contributed by atoms with Crippen LogP contribution in [0, 0.1) is 24.1 Å². The number of para-hydroxylation sites is 2. The fourth-order valence-corrected chi connectivity index (χ4v) is 2.73. The second-order valence-corrected chi connectivity index (χ2v) is 6.24. The van der Waals surface area contributed by atoms with Crippen LogP contribution >= 0.6 is 0 Å². The molecule has 0 spiro atoms. The summed E-state index contributed by atoms with van der Waals surface area (Å²) in [6, 6.07) is 16.6. The maximum absolute atomic E-state index is 14.1. The fraction of sp³-hybridized carbons (Fsp3) is 0.190. The number of nitriles is 1. The predicted octanol–water partition coefficient (Wildman–Crippen LogP) is 2.82. The molecule has 152 valence electrons. The first kappa shape index (κ1) is 20.7. The number of esters is 1. The van der Waals surface area contributed by atoms with Gasteiger partial charge < -0.3 is 9.64 Å². The maximum Gasteiger partial charge on any atom is 0.361 e. The largest absolute Gasteiger partial charge is 0.451 e. The Balaban J connectivity index is 1.71. The van der Waals surface area contributed by atoms with Gasteiger partial charge in [0.2, 0.25) is 0 Å². The van der Waals surface area contributed by atoms with Crippen LogP contribution in [0.2, 0.25) is 0 Å². The van der Waals surface area contributed by atoms with E-state index < -0.39 is 24.3 Å². The number of carbonyl (C=O) groups is 2. The second-order valence-electron chi connectivity index (χ2n) is 6.24. The summed E-state index contributed by atoms with van der Waals surface area (Å²) in [6.45, 7) is 0.941. The molecule has 2 aromatic carbocycles. The van der Waals surface area contributed by atoms with E-state index in [2.05, 4.69) is 10.2 Å². The smallest absolute Gasteiger partial charge is 0.361 e. The van der Waals surface area contributed by atoms with Gasteiger partial charge in [-0.2, -0.15) is 15.2 Å². The molecule has 0 saturated heterocycles. The molecule has 1 heterocycles. The number of amides is 1. The Labute approximate surface area is 172 Å². The number of rotatable bonds is 7. The Bertz CT molecular complexity index is 1090. The van der Waals surface area contributed by atoms with Crippen LogP contribution in [0.15, 0.2) is 54.6 Å². The van der Waals surface area contributed by atoms with Crippen LogP contribution in [0.3, 0.4) is 0 Å². The molecule has 0 aliphatic rings. The quantitative estimate of drug-likeness (QED) is 0.558. The molecule has 1 aromatic heterocycles. The molecule has 0 fully saturated rings. The van der Waals surface area contributed by atoms with Crippen molar-refractivity contribution in [2.75, 3.05) is 18.1 Å². The summed E-state index contributed by atoms with van der Waals surface area (Å²) in [5.74, 6) is -2.09. The van der Waals surface area contributed by atoms with Gasteiger partial charge in [0.05, 0.1) is 29.6 Å². The Kier molecular flexibility index (Phi) is 6.49. The summed E-state index contributed by atoms with van der Waals surface area (Å²) in [5.41, 5.74) is 0.992. The highest BCUT2D eigenvalue weighted by atomic mass is 19.1. The first-order chi connectivity index (χ1) is 14.5. The minimum Gasteiger partial charge on any atom is -0.451 e. The third kappa shape index (κ3) is 4.67. The van der Waals surface area contributed by atoms with Crippen molar-refractivity contribution in [1.82, 2.24) is 15.0 Å². The van der Waals surface area contributed by atoms with Gasteiger partial charge in [0.15, 0.2) is 12.3 Å². The van der Waals surface area contributed by atoms with Crippen LogP contribution in [0.25, 0.3) is 5.69 Å². The predicted molar refractivity (Wildman–Crippen MR) is 105 cm³/mol. The fourth-order valence-electron chi connectivity index (χ4n) is 2.73. The van der Waals surface area contributed by atoms with Gasteiger partial charge in [-0.05, 0) is 31.2 Å². The molecule has 0 aliphatic heterocycles. The van der Waals surface area contributed by atoms with Crippen molar-refractivity contribution in [1.29, 1.82) is 5.26 Å². The molecule has 3 aromatic rings. The van der Waals surface area contributed by atoms with Crippen LogP contribution in [-0.2, 0) is 9.53 Å². The molecule has 9 heteroatoms. The number of halogens is 1. The van der Waals surface area contributed by atoms with E-state index in [0.717, 1.165) is 4.90 Å². The lowest BCUT2D eigenvalue weighted by atomic mass is 10.2. The van der Waals surface area contributed by atoms with Crippen molar-refractivity contribution in [3.8, 4) is 11.8 Å². The van der Waals surface area contributed by atoms with Crippen molar-refractivity contribution in [2.24, 2.45) is 0 Å². The van der Waals surface area contributed by atoms with Crippen molar-refractivity contribution in [3.05, 3.63) is 71.8 Å². The number of aryl methyl sites for hydroxylation is 1. The lowest BCUT2D eigenvalue weighted by Crippen LogP contribution is -2.36. The monoisotopic (exact) mass is 407 g/mol. The van der Waals surface area contributed by atoms with Gasteiger partial charge in [0, 0.05) is 6.54 Å². The number of aromatic nitrogens is 3. The van der Waals surface area contributed by atoms with Crippen molar-refractivity contribution >= 4 is 17.6 Å². The molecule has 3 rings (SSSR count). The van der Waals surface area contributed by atoms with Gasteiger partial charge in [-0.25, -0.2) is 9.18 Å². The van der Waals surface area contributed by atoms with Gasteiger partial charge in [-0.1, -0.05) is 30.3 Å². The molecule has 30 heavy (non-hydrogen) atoms. The van der Waals surface area contributed by atoms with Crippen LogP contribution in [0.1, 0.15) is 22.6 Å². The van der Waals surface area contributed by atoms with E-state index in [-0.39, 0.29) is 24.3 Å². The number of anilines is 1. The minimum atomic E-state index is -0.822. The standard InChI is InChI=1S/C21H18FN5O3/c1-15-20(25-27(24-15)16-8-3-2-4-9-16)21(29)30-14-19(28)26(13-7-12-23)18-11-6-5-10-17(18)22/h2-6,8-11H,7,13-14H2,1H3. The minimum absolute atomic E-state index is 0.00146. The van der Waals surface area contributed by atoms with Crippen molar-refractivity contribution in [2.45, 2.75) is 13.3 Å². The summed E-state index contributed by atoms with van der Waals surface area (Å²) in [4.78, 5) is 27.4. The van der Waals surface area contributed by atoms with E-state index in [4.69, 9.17) is 10.00 Å². The number of benzene rings is 2. The van der Waals surface area contributed by atoms with Gasteiger partial charge in [0.1, 0.15) is 5.82 Å². The summed E-state index contributed by atoms with van der Waals surface area (Å²) >= 11 is 0. The van der Waals surface area contributed by atoms with E-state index in [0.29, 0.717) is 11.4 Å². The third-order valence-electron chi connectivity index (χ3n) is 4.18. The summed E-state index contributed by atoms with van der Waals surface area (Å²) in [5, 5.41) is 17.1. The van der Waals surface area contributed by atoms with E-state index >= 15 is 0 Å². The molecule has 1 amide bonds. The van der Waals surface area contributed by atoms with Crippen LogP contribution in [-0.4, -0.2) is 40.0 Å². The molecule has 0 N–H and O–H groups in total. The first-order valence-corrected chi connectivity index (χ1v) is 9.09. The molecular formula is C21H18FN5O3. The van der Waals surface area contributed by atoms with Gasteiger partial charge in [-0.15, -0.1) is 5.10 Å². The van der Waals surface area contributed by atoms with Crippen LogP contribution in [0.5, 0.6) is 0 Å². The molecular weight excluding hydrogens is 389 g/mol. The molecule has 0 unspecified atom stereocenters. The van der Waals surface area contributed by atoms with Crippen LogP contribution in [0.4, 0.5) is 10.1 Å². The van der Waals surface area contributed by atoms with Gasteiger partial charge >= 0.3 is 5.97 Å². The zero-order valence-electron chi connectivity index (χ0n) is 16.2. The normalized spacial score (nSPS) is 10.3. The molecule has 0 saturated carbocycles. The van der Waals surface area contributed by atoms with E-state index in [1.807, 2.05) is 24.3 Å². The molecule has 8 nitrogen and oxygen atoms in total. The number of hydrogen-bond donors (Lipinski definition) is 0. The zero-order valence-corrected chi connectivity index (χ0v) is 16.2. The first-order valence-electron chi connectivity index (χ1n) is 9.09. The lowest BCUT2D eigenvalue weighted by molar-refractivity contribution is -0.121. The third-order valence-corrected chi connectivity index (χ3v) is 4.18. The highest BCUT2D eigenvalue weighted by Crippen LogP contribution is 2.19. The number of hydrogen-bond acceptors (Lipinski definition) is 6. The molecule has 0 bridgehead atoms. The summed E-state index contributed by atoms with van der Waals surface area (Å²) in [7, 11) is 0. The van der Waals surface area contributed by atoms with Crippen molar-refractivity contribution < 1.29 is 18.7 Å². The van der Waals surface area contributed by atoms with E-state index in [1.165, 1.54) is 23.0 Å². The number of carbonyl (C=O) groups excluding carboxylic acids is 2. The Morgan fingerprint density at radius 3 is 2.53 bits per heavy atom. The zero-order chi connectivity index (χ0) is 21.5. The average Bonchev–Trinajstić information content (AvgIpc) is 3.16. The highest BCUT2D eigenvalue weighted by Gasteiger charge is 2.23. The van der Waals surface area contributed by atoms with Gasteiger partial charge in [-0.3, -0.25) is 4.79 Å². The average molecular weight is 407 g/mol. The summed E-state index contributed by atoms with van der Waals surface area (Å²) in [6.07, 6.45) is -0.00146. The van der Waals surface area contributed by atoms with Crippen molar-refractivity contribution in [3.63, 3.8) is 0 Å². The van der Waals surface area contributed by atoms with E-state index in [1.54, 1.807) is 25.1 Å². The summed E-state index contributed by atoms with van der Waals surface area (Å²) < 4.78 is 19.2. The van der Waals surface area contributed by atoms with Gasteiger partial charge in [0.25, 0.3) is 5.91 Å². The second kappa shape index (κ2) is 9.43. The topological polar surface area (TPSA) is 101 Å². The SMILES string of the molecule is Cc1nn(-c2ccccc2)nc1C(=O)OCC(=O)N(CCC#N)c1ccccc1F. The Morgan fingerprint density at radius 2 is 1.83 bits per heavy atom. The molecule has 0 radical (unpaired) electrons.